The van der Waals surface area contributed by atoms with Crippen molar-refractivity contribution in [3.63, 3.8) is 0 Å². The number of nitrogen functional groups attached to an aromatic ring is 1. The molecule has 1 saturated carbocycles. The first kappa shape index (κ1) is 13.4. The highest BCUT2D eigenvalue weighted by molar-refractivity contribution is 7.89. The van der Waals surface area contributed by atoms with Crippen LogP contribution in [0.4, 0.5) is 5.69 Å². The highest BCUT2D eigenvalue weighted by Crippen LogP contribution is 2.44. The minimum Gasteiger partial charge on any atom is -0.397 e. The lowest BCUT2D eigenvalue weighted by atomic mass is 10.1. The van der Waals surface area contributed by atoms with Gasteiger partial charge in [-0.05, 0) is 43.2 Å². The molecule has 0 heterocycles. The molecule has 0 saturated heterocycles. The molecule has 18 heavy (non-hydrogen) atoms. The van der Waals surface area contributed by atoms with Crippen LogP contribution in [-0.2, 0) is 10.0 Å². The van der Waals surface area contributed by atoms with Crippen LogP contribution in [0.2, 0.25) is 0 Å². The van der Waals surface area contributed by atoms with Crippen LogP contribution in [0, 0.1) is 19.3 Å². The van der Waals surface area contributed by atoms with Gasteiger partial charge in [-0.25, -0.2) is 13.1 Å². The summed E-state index contributed by atoms with van der Waals surface area (Å²) in [6.07, 6.45) is 2.16. The van der Waals surface area contributed by atoms with Crippen LogP contribution in [0.3, 0.4) is 0 Å². The van der Waals surface area contributed by atoms with Crippen LogP contribution >= 0.6 is 0 Å². The highest BCUT2D eigenvalue weighted by Gasteiger charge is 2.38. The third kappa shape index (κ3) is 2.52. The first-order valence-electron chi connectivity index (χ1n) is 6.11. The largest absolute Gasteiger partial charge is 0.397 e. The molecule has 0 atom stereocenters. The second-order valence-electron chi connectivity index (χ2n) is 5.58. The molecule has 1 aromatic carbocycles. The maximum absolute atomic E-state index is 12.3. The smallest absolute Gasteiger partial charge is 0.242 e. The second kappa shape index (κ2) is 4.24. The maximum atomic E-state index is 12.3. The fourth-order valence-corrected chi connectivity index (χ4v) is 3.52. The van der Waals surface area contributed by atoms with E-state index in [1.165, 1.54) is 0 Å². The van der Waals surface area contributed by atoms with E-state index in [9.17, 15) is 8.42 Å². The highest BCUT2D eigenvalue weighted by atomic mass is 32.2. The molecule has 5 heteroatoms. The van der Waals surface area contributed by atoms with Crippen LogP contribution in [0.25, 0.3) is 0 Å². The summed E-state index contributed by atoms with van der Waals surface area (Å²) in [6.45, 7) is 6.16. The summed E-state index contributed by atoms with van der Waals surface area (Å²) < 4.78 is 27.3. The molecule has 0 aliphatic heterocycles. The number of sulfonamides is 1. The predicted octanol–water partition coefficient (Wildman–Crippen LogP) is 1.96. The average Bonchev–Trinajstić information content (AvgIpc) is 3.01. The van der Waals surface area contributed by atoms with Crippen LogP contribution in [0.15, 0.2) is 17.0 Å². The Morgan fingerprint density at radius 1 is 1.28 bits per heavy atom. The van der Waals surface area contributed by atoms with Crippen molar-refractivity contribution in [3.8, 4) is 0 Å². The second-order valence-corrected chi connectivity index (χ2v) is 7.28. The topological polar surface area (TPSA) is 72.2 Å². The Morgan fingerprint density at radius 3 is 2.39 bits per heavy atom. The first-order valence-corrected chi connectivity index (χ1v) is 7.59. The van der Waals surface area contributed by atoms with Crippen molar-refractivity contribution in [1.29, 1.82) is 0 Å². The minimum atomic E-state index is -3.51. The monoisotopic (exact) mass is 268 g/mol. The fourth-order valence-electron chi connectivity index (χ4n) is 1.90. The zero-order valence-corrected chi connectivity index (χ0v) is 11.9. The zero-order valence-electron chi connectivity index (χ0n) is 11.1. The van der Waals surface area contributed by atoms with E-state index in [4.69, 9.17) is 5.73 Å². The fraction of sp³-hybridized carbons (Fsp3) is 0.538. The molecular weight excluding hydrogens is 248 g/mol. The van der Waals surface area contributed by atoms with Gasteiger partial charge in [0.1, 0.15) is 4.90 Å². The van der Waals surface area contributed by atoms with E-state index in [1.54, 1.807) is 13.0 Å². The number of rotatable bonds is 4. The molecule has 0 radical (unpaired) electrons. The van der Waals surface area contributed by atoms with E-state index in [0.29, 0.717) is 17.8 Å². The molecule has 3 N–H and O–H groups in total. The summed E-state index contributed by atoms with van der Waals surface area (Å²) in [5.41, 5.74) is 7.87. The van der Waals surface area contributed by atoms with Gasteiger partial charge in [0.15, 0.2) is 0 Å². The maximum Gasteiger partial charge on any atom is 0.242 e. The lowest BCUT2D eigenvalue weighted by Gasteiger charge is -2.15. The molecule has 0 amide bonds. The van der Waals surface area contributed by atoms with Crippen molar-refractivity contribution in [1.82, 2.24) is 4.72 Å². The predicted molar refractivity (Wildman–Crippen MR) is 72.9 cm³/mol. The molecule has 2 rings (SSSR count). The first-order chi connectivity index (χ1) is 8.25. The standard InChI is InChI=1S/C13H20N2O2S/c1-9-4-5-10(2)12(11(9)14)18(16,17)15-8-13(3)6-7-13/h4-5,15H,6-8,14H2,1-3H3. The van der Waals surface area contributed by atoms with Crippen LogP contribution < -0.4 is 10.5 Å². The quantitative estimate of drug-likeness (QED) is 0.820. The van der Waals surface area contributed by atoms with Crippen LogP contribution in [-0.4, -0.2) is 15.0 Å². The summed E-state index contributed by atoms with van der Waals surface area (Å²) in [5, 5.41) is 0. The number of hydrogen-bond donors (Lipinski definition) is 2. The molecule has 0 spiro atoms. The number of aryl methyl sites for hydroxylation is 2. The van der Waals surface area contributed by atoms with E-state index < -0.39 is 10.0 Å². The average molecular weight is 268 g/mol. The van der Waals surface area contributed by atoms with E-state index in [-0.39, 0.29) is 10.3 Å². The Balaban J connectivity index is 2.32. The minimum absolute atomic E-state index is 0.138. The van der Waals surface area contributed by atoms with Gasteiger partial charge in [0.2, 0.25) is 10.0 Å². The number of benzene rings is 1. The number of nitrogens with one attached hydrogen (secondary N) is 1. The van der Waals surface area contributed by atoms with Gasteiger partial charge < -0.3 is 5.73 Å². The molecule has 0 aromatic heterocycles. The lowest BCUT2D eigenvalue weighted by Crippen LogP contribution is -2.30. The van der Waals surface area contributed by atoms with Gasteiger partial charge in [0.05, 0.1) is 5.69 Å². The third-order valence-electron chi connectivity index (χ3n) is 3.67. The molecule has 1 aliphatic rings. The molecule has 4 nitrogen and oxygen atoms in total. The normalized spacial score (nSPS) is 17.7. The van der Waals surface area contributed by atoms with Crippen molar-refractivity contribution in [2.45, 2.75) is 38.5 Å². The zero-order chi connectivity index (χ0) is 13.6. The Kier molecular flexibility index (Phi) is 3.15. The van der Waals surface area contributed by atoms with Gasteiger partial charge in [-0.15, -0.1) is 0 Å². The van der Waals surface area contributed by atoms with E-state index in [2.05, 4.69) is 11.6 Å². The van der Waals surface area contributed by atoms with Crippen molar-refractivity contribution < 1.29 is 8.42 Å². The Hall–Kier alpha value is -1.07. The SMILES string of the molecule is Cc1ccc(C)c(S(=O)(=O)NCC2(C)CC2)c1N. The van der Waals surface area contributed by atoms with Crippen molar-refractivity contribution >= 4 is 15.7 Å². The molecular formula is C13H20N2O2S. The summed E-state index contributed by atoms with van der Waals surface area (Å²) in [4.78, 5) is 0.228. The molecule has 0 unspecified atom stereocenters. The molecule has 1 aromatic rings. The third-order valence-corrected chi connectivity index (χ3v) is 5.28. The lowest BCUT2D eigenvalue weighted by molar-refractivity contribution is 0.530. The Morgan fingerprint density at radius 2 is 1.83 bits per heavy atom. The number of anilines is 1. The van der Waals surface area contributed by atoms with Gasteiger partial charge in [-0.1, -0.05) is 19.1 Å². The summed E-state index contributed by atoms with van der Waals surface area (Å²) in [7, 11) is -3.51. The van der Waals surface area contributed by atoms with Gasteiger partial charge in [-0.3, -0.25) is 0 Å². The van der Waals surface area contributed by atoms with Gasteiger partial charge in [-0.2, -0.15) is 0 Å². The molecule has 100 valence electrons. The van der Waals surface area contributed by atoms with Gasteiger partial charge in [0.25, 0.3) is 0 Å². The summed E-state index contributed by atoms with van der Waals surface area (Å²) in [5.74, 6) is 0. The summed E-state index contributed by atoms with van der Waals surface area (Å²) >= 11 is 0. The van der Waals surface area contributed by atoms with Crippen molar-refractivity contribution in [2.24, 2.45) is 5.41 Å². The summed E-state index contributed by atoms with van der Waals surface area (Å²) in [6, 6.07) is 3.63. The Bertz CT molecular complexity index is 575. The molecule has 0 bridgehead atoms. The number of nitrogens with two attached hydrogens (primary N) is 1. The van der Waals surface area contributed by atoms with E-state index in [0.717, 1.165) is 18.4 Å². The molecule has 1 aliphatic carbocycles. The van der Waals surface area contributed by atoms with Gasteiger partial charge in [0, 0.05) is 6.54 Å². The van der Waals surface area contributed by atoms with Crippen molar-refractivity contribution in [3.05, 3.63) is 23.3 Å². The van der Waals surface area contributed by atoms with E-state index >= 15 is 0 Å². The molecule has 1 fully saturated rings. The van der Waals surface area contributed by atoms with Crippen LogP contribution in [0.5, 0.6) is 0 Å². The Labute approximate surface area is 109 Å². The van der Waals surface area contributed by atoms with Gasteiger partial charge >= 0.3 is 0 Å². The number of hydrogen-bond acceptors (Lipinski definition) is 3. The van der Waals surface area contributed by atoms with E-state index in [1.807, 2.05) is 13.0 Å². The van der Waals surface area contributed by atoms with Crippen LogP contribution in [0.1, 0.15) is 30.9 Å². The van der Waals surface area contributed by atoms with Crippen molar-refractivity contribution in [2.75, 3.05) is 12.3 Å².